The van der Waals surface area contributed by atoms with Gasteiger partial charge in [0.1, 0.15) is 5.82 Å². The molecule has 0 aromatic heterocycles. The van der Waals surface area contributed by atoms with Gasteiger partial charge in [0, 0.05) is 18.3 Å². The molecule has 1 aromatic carbocycles. The second-order valence-corrected chi connectivity index (χ2v) is 7.99. The van der Waals surface area contributed by atoms with Crippen LogP contribution in [0.4, 0.5) is 4.39 Å². The minimum atomic E-state index is -0.495. The fourth-order valence-electron chi connectivity index (χ4n) is 4.12. The van der Waals surface area contributed by atoms with E-state index in [1.807, 2.05) is 13.8 Å². The largest absolute Gasteiger partial charge is 0.356 e. The zero-order valence-electron chi connectivity index (χ0n) is 17.3. The predicted octanol–water partition coefficient (Wildman–Crippen LogP) is 5.90. The van der Waals surface area contributed by atoms with Gasteiger partial charge >= 0.3 is 0 Å². The zero-order chi connectivity index (χ0) is 20.9. The van der Waals surface area contributed by atoms with Crippen molar-refractivity contribution < 1.29 is 9.18 Å². The molecule has 0 bridgehead atoms. The molecule has 1 amide bonds. The van der Waals surface area contributed by atoms with Crippen molar-refractivity contribution in [1.82, 2.24) is 5.32 Å². The Morgan fingerprint density at radius 1 is 1.36 bits per heavy atom. The van der Waals surface area contributed by atoms with Gasteiger partial charge in [0.25, 0.3) is 0 Å². The first-order valence-corrected chi connectivity index (χ1v) is 9.64. The highest BCUT2D eigenvalue weighted by Gasteiger charge is 2.55. The molecule has 5 heteroatoms. The fraction of sp³-hybridized carbons (Fsp3) is 0.435. The van der Waals surface area contributed by atoms with Crippen LogP contribution >= 0.6 is 0 Å². The lowest BCUT2D eigenvalue weighted by molar-refractivity contribution is -0.135. The third-order valence-corrected chi connectivity index (χ3v) is 6.23. The van der Waals surface area contributed by atoms with E-state index in [9.17, 15) is 9.18 Å². The zero-order valence-corrected chi connectivity index (χ0v) is 17.3. The molecule has 1 aromatic rings. The summed E-state index contributed by atoms with van der Waals surface area (Å²) in [5, 5.41) is 10.9. The first-order chi connectivity index (χ1) is 13.2. The molecule has 1 aliphatic carbocycles. The molecule has 2 atom stereocenters. The van der Waals surface area contributed by atoms with Crippen molar-refractivity contribution in [2.45, 2.75) is 40.5 Å². The lowest BCUT2D eigenvalue weighted by Crippen LogP contribution is -2.47. The first-order valence-electron chi connectivity index (χ1n) is 9.64. The molecular weight excluding hydrogens is 353 g/mol. The Morgan fingerprint density at radius 3 is 2.64 bits per heavy atom. The summed E-state index contributed by atoms with van der Waals surface area (Å²) < 4.78 is 14.3. The van der Waals surface area contributed by atoms with E-state index in [0.29, 0.717) is 17.8 Å². The molecule has 1 fully saturated rings. The summed E-state index contributed by atoms with van der Waals surface area (Å²) in [7, 11) is 0. The van der Waals surface area contributed by atoms with E-state index in [-0.39, 0.29) is 23.1 Å². The van der Waals surface area contributed by atoms with Gasteiger partial charge in [0.15, 0.2) is 0 Å². The molecule has 1 aliphatic rings. The molecule has 1 saturated carbocycles. The van der Waals surface area contributed by atoms with Crippen molar-refractivity contribution in [1.29, 1.82) is 0 Å². The minimum absolute atomic E-state index is 0.0694. The number of hydrogen-bond acceptors (Lipinski definition) is 3. The van der Waals surface area contributed by atoms with E-state index < -0.39 is 5.41 Å². The number of rotatable bonds is 7. The van der Waals surface area contributed by atoms with Gasteiger partial charge < -0.3 is 5.32 Å². The highest BCUT2D eigenvalue weighted by molar-refractivity contribution is 5.83. The molecular formula is C23H30FN3O. The molecule has 1 unspecified atom stereocenters. The number of hydrogen-bond donors (Lipinski definition) is 1. The van der Waals surface area contributed by atoms with Crippen LogP contribution in [0.25, 0.3) is 5.70 Å². The molecule has 1 N–H and O–H groups in total. The maximum Gasteiger partial charge on any atom is 0.226 e. The van der Waals surface area contributed by atoms with E-state index in [2.05, 4.69) is 42.6 Å². The summed E-state index contributed by atoms with van der Waals surface area (Å²) in [5.41, 5.74) is 0.766. The Kier molecular flexibility index (Phi) is 6.70. The Labute approximate surface area is 167 Å². The topological polar surface area (TPSA) is 53.8 Å². The van der Waals surface area contributed by atoms with Crippen LogP contribution in [-0.2, 0) is 4.79 Å². The number of carbonyl (C=O) groups excluding carboxylic acids is 1. The maximum atomic E-state index is 14.3. The van der Waals surface area contributed by atoms with Crippen LogP contribution in [0.1, 0.15) is 46.1 Å². The number of carbonyl (C=O) groups is 1. The van der Waals surface area contributed by atoms with Crippen LogP contribution in [0.3, 0.4) is 0 Å². The average Bonchev–Trinajstić information content (AvgIpc) is 2.90. The first kappa shape index (κ1) is 21.7. The number of allylic oxidation sites excluding steroid dienone is 2. The SMILES string of the molecule is C=CN=N/C(=C\C(=C)[C@@H]1CCC(C)(C(=O)NCC)C1(C)C)c1ccccc1F. The van der Waals surface area contributed by atoms with E-state index >= 15 is 0 Å². The molecule has 0 spiro atoms. The van der Waals surface area contributed by atoms with Gasteiger partial charge in [-0.3, -0.25) is 4.79 Å². The van der Waals surface area contributed by atoms with Crippen LogP contribution in [-0.4, -0.2) is 12.5 Å². The second-order valence-electron chi connectivity index (χ2n) is 7.99. The van der Waals surface area contributed by atoms with E-state index in [1.165, 1.54) is 12.3 Å². The van der Waals surface area contributed by atoms with Gasteiger partial charge in [-0.2, -0.15) is 10.2 Å². The summed E-state index contributed by atoms with van der Waals surface area (Å²) in [5.74, 6) is -0.233. The molecule has 0 saturated heterocycles. The maximum absolute atomic E-state index is 14.3. The smallest absolute Gasteiger partial charge is 0.226 e. The van der Waals surface area contributed by atoms with Crippen LogP contribution < -0.4 is 5.32 Å². The van der Waals surface area contributed by atoms with E-state index in [4.69, 9.17) is 0 Å². The van der Waals surface area contributed by atoms with Gasteiger partial charge in [0.2, 0.25) is 5.91 Å². The van der Waals surface area contributed by atoms with Gasteiger partial charge in [-0.05, 0) is 54.9 Å². The minimum Gasteiger partial charge on any atom is -0.356 e. The van der Waals surface area contributed by atoms with Crippen molar-refractivity contribution in [3.8, 4) is 0 Å². The van der Waals surface area contributed by atoms with Gasteiger partial charge in [0.05, 0.1) is 11.1 Å². The van der Waals surface area contributed by atoms with Gasteiger partial charge in [-0.25, -0.2) is 4.39 Å². The quantitative estimate of drug-likeness (QED) is 0.463. The average molecular weight is 384 g/mol. The summed E-state index contributed by atoms with van der Waals surface area (Å²) >= 11 is 0. The number of nitrogens with zero attached hydrogens (tertiary/aromatic N) is 2. The van der Waals surface area contributed by atoms with Crippen LogP contribution in [0.15, 0.2) is 65.5 Å². The van der Waals surface area contributed by atoms with Crippen molar-refractivity contribution >= 4 is 11.6 Å². The molecule has 2 rings (SSSR count). The number of azo groups is 1. The summed E-state index contributed by atoms with van der Waals surface area (Å²) in [6.07, 6.45) is 4.69. The van der Waals surface area contributed by atoms with E-state index in [1.54, 1.807) is 24.3 Å². The normalized spacial score (nSPS) is 24.3. The summed E-state index contributed by atoms with van der Waals surface area (Å²) in [6, 6.07) is 6.44. The van der Waals surface area contributed by atoms with Crippen LogP contribution in [0.5, 0.6) is 0 Å². The number of benzene rings is 1. The molecule has 150 valence electrons. The number of halogens is 1. The predicted molar refractivity (Wildman–Crippen MR) is 112 cm³/mol. The molecule has 4 nitrogen and oxygen atoms in total. The van der Waals surface area contributed by atoms with Crippen molar-refractivity contribution in [2.24, 2.45) is 27.0 Å². The monoisotopic (exact) mass is 383 g/mol. The van der Waals surface area contributed by atoms with Crippen molar-refractivity contribution in [2.75, 3.05) is 6.54 Å². The van der Waals surface area contributed by atoms with Crippen LogP contribution in [0, 0.1) is 22.6 Å². The molecule has 28 heavy (non-hydrogen) atoms. The number of amides is 1. The Bertz CT molecular complexity index is 825. The highest BCUT2D eigenvalue weighted by Crippen LogP contribution is 2.58. The van der Waals surface area contributed by atoms with Crippen LogP contribution in [0.2, 0.25) is 0 Å². The Morgan fingerprint density at radius 2 is 2.04 bits per heavy atom. The third-order valence-electron chi connectivity index (χ3n) is 6.23. The third kappa shape index (κ3) is 3.98. The fourth-order valence-corrected chi connectivity index (χ4v) is 4.12. The second kappa shape index (κ2) is 8.63. The van der Waals surface area contributed by atoms with Gasteiger partial charge in [-0.1, -0.05) is 46.1 Å². The Balaban J connectivity index is 2.40. The molecule has 0 heterocycles. The highest BCUT2D eigenvalue weighted by atomic mass is 19.1. The van der Waals surface area contributed by atoms with E-state index in [0.717, 1.165) is 18.4 Å². The Hall–Kier alpha value is -2.56. The van der Waals surface area contributed by atoms with Gasteiger partial charge in [-0.15, -0.1) is 0 Å². The molecule has 0 radical (unpaired) electrons. The lowest BCUT2D eigenvalue weighted by atomic mass is 9.63. The lowest BCUT2D eigenvalue weighted by Gasteiger charge is -2.40. The number of nitrogens with one attached hydrogen (secondary N) is 1. The summed E-state index contributed by atoms with van der Waals surface area (Å²) in [6.45, 7) is 16.5. The van der Waals surface area contributed by atoms with Crippen molar-refractivity contribution in [3.63, 3.8) is 0 Å². The standard InChI is InChI=1S/C23H30FN3O/c1-7-25-21(28)23(6)14-13-18(22(23,4)5)16(3)15-20(27-26-8-2)17-11-9-10-12-19(17)24/h8-12,15,18H,2-3,7,13-14H2,1,4-6H3,(H,25,28)/b20-15-,27-26?/t18-,23?/m0/s1. The van der Waals surface area contributed by atoms with Crippen molar-refractivity contribution in [3.05, 3.63) is 66.7 Å². The molecule has 0 aliphatic heterocycles. The summed E-state index contributed by atoms with van der Waals surface area (Å²) in [4.78, 5) is 12.7.